The molecule has 2 nitrogen and oxygen atoms in total. The van der Waals surface area contributed by atoms with Crippen molar-refractivity contribution in [2.24, 2.45) is 0 Å². The second-order valence-electron chi connectivity index (χ2n) is 4.51. The van der Waals surface area contributed by atoms with Crippen LogP contribution in [0.15, 0.2) is 35.9 Å². The molecule has 0 saturated carbocycles. The Kier molecular flexibility index (Phi) is 6.84. The van der Waals surface area contributed by atoms with Gasteiger partial charge in [-0.05, 0) is 44.0 Å². The highest BCUT2D eigenvalue weighted by molar-refractivity contribution is 6.29. The van der Waals surface area contributed by atoms with E-state index in [2.05, 4.69) is 37.9 Å². The molecule has 0 radical (unpaired) electrons. The van der Waals surface area contributed by atoms with Gasteiger partial charge in [-0.25, -0.2) is 0 Å². The minimum absolute atomic E-state index is 0.357. The molecule has 0 heterocycles. The van der Waals surface area contributed by atoms with Crippen LogP contribution in [0.5, 0.6) is 5.75 Å². The molecule has 1 atom stereocenters. The minimum atomic E-state index is 0.357. The topological polar surface area (TPSA) is 21.3 Å². The molecule has 100 valence electrons. The van der Waals surface area contributed by atoms with E-state index >= 15 is 0 Å². The fourth-order valence-electron chi connectivity index (χ4n) is 1.70. The molecule has 0 aromatic heterocycles. The molecule has 1 N–H and O–H groups in total. The summed E-state index contributed by atoms with van der Waals surface area (Å²) >= 11 is 5.65. The molecular weight excluding hydrogens is 246 g/mol. The molecule has 0 aliphatic carbocycles. The molecule has 0 bridgehead atoms. The predicted molar refractivity (Wildman–Crippen MR) is 78.4 cm³/mol. The summed E-state index contributed by atoms with van der Waals surface area (Å²) in [6, 6.07) is 8.63. The molecule has 0 spiro atoms. The summed E-state index contributed by atoms with van der Waals surface area (Å²) in [7, 11) is 0. The highest BCUT2D eigenvalue weighted by Gasteiger charge is 2.02. The lowest BCUT2D eigenvalue weighted by molar-refractivity contribution is 0.359. The van der Waals surface area contributed by atoms with Gasteiger partial charge in [0.15, 0.2) is 0 Å². The minimum Gasteiger partial charge on any atom is -0.488 e. The number of nitrogens with one attached hydrogen (secondary N) is 1. The zero-order chi connectivity index (χ0) is 13.4. The van der Waals surface area contributed by atoms with Crippen molar-refractivity contribution in [3.05, 3.63) is 41.4 Å². The average molecular weight is 268 g/mol. The molecule has 1 aromatic carbocycles. The van der Waals surface area contributed by atoms with E-state index in [1.165, 1.54) is 12.0 Å². The Morgan fingerprint density at radius 2 is 2.06 bits per heavy atom. The van der Waals surface area contributed by atoms with E-state index in [1.54, 1.807) is 0 Å². The van der Waals surface area contributed by atoms with Crippen LogP contribution in [0.25, 0.3) is 0 Å². The van der Waals surface area contributed by atoms with Gasteiger partial charge in [-0.2, -0.15) is 0 Å². The fraction of sp³-hybridized carbons (Fsp3) is 0.467. The summed E-state index contributed by atoms with van der Waals surface area (Å²) in [6.45, 7) is 9.40. The predicted octanol–water partition coefficient (Wildman–Crippen LogP) is 3.75. The normalized spacial score (nSPS) is 12.2. The van der Waals surface area contributed by atoms with Gasteiger partial charge in [0.2, 0.25) is 0 Å². The van der Waals surface area contributed by atoms with Gasteiger partial charge in [-0.1, -0.05) is 37.2 Å². The van der Waals surface area contributed by atoms with Crippen LogP contribution in [-0.4, -0.2) is 19.2 Å². The van der Waals surface area contributed by atoms with E-state index in [4.69, 9.17) is 16.3 Å². The lowest BCUT2D eigenvalue weighted by Gasteiger charge is -2.13. The first-order valence-electron chi connectivity index (χ1n) is 6.40. The smallest absolute Gasteiger partial charge is 0.123 e. The Bertz CT molecular complexity index is 361. The monoisotopic (exact) mass is 267 g/mol. The Labute approximate surface area is 115 Å². The summed E-state index contributed by atoms with van der Waals surface area (Å²) in [5.74, 6) is 0.828. The Balaban J connectivity index is 2.42. The summed E-state index contributed by atoms with van der Waals surface area (Å²) in [4.78, 5) is 0. The molecular formula is C15H22ClNO. The highest BCUT2D eigenvalue weighted by Crippen LogP contribution is 2.14. The van der Waals surface area contributed by atoms with Crippen LogP contribution in [0.3, 0.4) is 0 Å². The van der Waals surface area contributed by atoms with Crippen molar-refractivity contribution in [1.29, 1.82) is 0 Å². The third-order valence-corrected chi connectivity index (χ3v) is 2.71. The third kappa shape index (κ3) is 6.08. The second-order valence-corrected chi connectivity index (χ2v) is 5.04. The van der Waals surface area contributed by atoms with Crippen LogP contribution in [0, 0.1) is 0 Å². The van der Waals surface area contributed by atoms with E-state index < -0.39 is 0 Å². The number of hydrogen-bond donors (Lipinski definition) is 1. The quantitative estimate of drug-likeness (QED) is 0.775. The van der Waals surface area contributed by atoms with E-state index in [1.807, 2.05) is 12.1 Å². The number of halogens is 1. The first kappa shape index (κ1) is 15.1. The van der Waals surface area contributed by atoms with Crippen molar-refractivity contribution in [1.82, 2.24) is 5.32 Å². The van der Waals surface area contributed by atoms with E-state index in [0.717, 1.165) is 18.7 Å². The van der Waals surface area contributed by atoms with Gasteiger partial charge >= 0.3 is 0 Å². The maximum Gasteiger partial charge on any atom is 0.123 e. The summed E-state index contributed by atoms with van der Waals surface area (Å²) in [6.07, 6.45) is 2.20. The molecule has 1 aromatic rings. The van der Waals surface area contributed by atoms with Gasteiger partial charge in [-0.3, -0.25) is 0 Å². The third-order valence-electron chi connectivity index (χ3n) is 2.60. The van der Waals surface area contributed by atoms with Crippen molar-refractivity contribution in [2.75, 3.05) is 13.2 Å². The zero-order valence-electron chi connectivity index (χ0n) is 11.2. The maximum absolute atomic E-state index is 5.65. The average Bonchev–Trinajstić information content (AvgIpc) is 2.35. The Morgan fingerprint density at radius 1 is 1.39 bits per heavy atom. The number of benzene rings is 1. The van der Waals surface area contributed by atoms with Gasteiger partial charge < -0.3 is 10.1 Å². The second kappa shape index (κ2) is 8.17. The number of hydrogen-bond acceptors (Lipinski definition) is 2. The van der Waals surface area contributed by atoms with Crippen LogP contribution in [0.1, 0.15) is 25.8 Å². The highest BCUT2D eigenvalue weighted by atomic mass is 35.5. The van der Waals surface area contributed by atoms with Crippen LogP contribution in [0.2, 0.25) is 0 Å². The van der Waals surface area contributed by atoms with Crippen molar-refractivity contribution in [3.63, 3.8) is 0 Å². The lowest BCUT2D eigenvalue weighted by Crippen LogP contribution is -2.28. The van der Waals surface area contributed by atoms with Crippen LogP contribution < -0.4 is 10.1 Å². The first-order valence-corrected chi connectivity index (χ1v) is 6.78. The SMILES string of the molecule is C=C(Cl)COc1ccc(CC(C)NCCC)cc1. The molecule has 0 saturated heterocycles. The van der Waals surface area contributed by atoms with Crippen LogP contribution in [0.4, 0.5) is 0 Å². The fourth-order valence-corrected chi connectivity index (χ4v) is 1.75. The summed E-state index contributed by atoms with van der Waals surface area (Å²) < 4.78 is 5.45. The van der Waals surface area contributed by atoms with Gasteiger partial charge in [0, 0.05) is 11.1 Å². The first-order chi connectivity index (χ1) is 8.61. The van der Waals surface area contributed by atoms with Crippen molar-refractivity contribution in [3.8, 4) is 5.75 Å². The van der Waals surface area contributed by atoms with Crippen molar-refractivity contribution >= 4 is 11.6 Å². The molecule has 18 heavy (non-hydrogen) atoms. The molecule has 0 fully saturated rings. The van der Waals surface area contributed by atoms with Gasteiger partial charge in [0.1, 0.15) is 12.4 Å². The summed E-state index contributed by atoms with van der Waals surface area (Å²) in [5, 5.41) is 3.99. The summed E-state index contributed by atoms with van der Waals surface area (Å²) in [5.41, 5.74) is 1.31. The van der Waals surface area contributed by atoms with Crippen molar-refractivity contribution in [2.45, 2.75) is 32.7 Å². The Morgan fingerprint density at radius 3 is 2.61 bits per heavy atom. The van der Waals surface area contributed by atoms with E-state index in [0.29, 0.717) is 17.7 Å². The lowest BCUT2D eigenvalue weighted by atomic mass is 10.1. The van der Waals surface area contributed by atoms with Crippen LogP contribution in [-0.2, 0) is 6.42 Å². The van der Waals surface area contributed by atoms with Gasteiger partial charge in [0.05, 0.1) is 0 Å². The largest absolute Gasteiger partial charge is 0.488 e. The molecule has 1 unspecified atom stereocenters. The van der Waals surface area contributed by atoms with E-state index in [9.17, 15) is 0 Å². The molecule has 1 rings (SSSR count). The molecule has 0 amide bonds. The number of rotatable bonds is 8. The molecule has 3 heteroatoms. The van der Waals surface area contributed by atoms with Crippen LogP contribution >= 0.6 is 11.6 Å². The Hall–Kier alpha value is -0.990. The molecule has 0 aliphatic rings. The standard InChI is InChI=1S/C15H22ClNO/c1-4-9-17-13(3)10-14-5-7-15(8-6-14)18-11-12(2)16/h5-8,13,17H,2,4,9-11H2,1,3H3. The maximum atomic E-state index is 5.65. The van der Waals surface area contributed by atoms with E-state index in [-0.39, 0.29) is 0 Å². The zero-order valence-corrected chi connectivity index (χ0v) is 12.0. The molecule has 0 aliphatic heterocycles. The number of ether oxygens (including phenoxy) is 1. The van der Waals surface area contributed by atoms with Gasteiger partial charge in [0.25, 0.3) is 0 Å². The van der Waals surface area contributed by atoms with Gasteiger partial charge in [-0.15, -0.1) is 0 Å². The van der Waals surface area contributed by atoms with Crippen molar-refractivity contribution < 1.29 is 4.74 Å².